The Morgan fingerprint density at radius 1 is 1.16 bits per heavy atom. The molecule has 0 saturated heterocycles. The second-order valence-electron chi connectivity index (χ2n) is 3.10. The third kappa shape index (κ3) is 2.55. The van der Waals surface area contributed by atoms with Crippen molar-refractivity contribution in [2.24, 2.45) is 0 Å². The zero-order chi connectivity index (χ0) is 15.1. The molecular weight excluding hydrogens is 326 g/mol. The van der Waals surface area contributed by atoms with E-state index in [4.69, 9.17) is 11.6 Å². The molecule has 1 atom stereocenters. The van der Waals surface area contributed by atoms with Gasteiger partial charge in [-0.25, -0.2) is 9.19 Å². The van der Waals surface area contributed by atoms with Crippen LogP contribution in [0.5, 0.6) is 0 Å². The molecule has 0 aromatic carbocycles. The maximum Gasteiger partial charge on any atom is 0.587 e. The molecule has 0 aliphatic rings. The summed E-state index contributed by atoms with van der Waals surface area (Å²) in [7, 11) is 0. The quantitative estimate of drug-likeness (QED) is 0.363. The normalized spacial score (nSPS) is 15.4. The Labute approximate surface area is 109 Å². The van der Waals surface area contributed by atoms with E-state index >= 15 is 0 Å². The van der Waals surface area contributed by atoms with E-state index in [9.17, 15) is 35.1 Å². The lowest BCUT2D eigenvalue weighted by Crippen LogP contribution is -2.68. The molecule has 4 nitrogen and oxygen atoms in total. The van der Waals surface area contributed by atoms with Crippen LogP contribution in [0.2, 0.25) is 5.02 Å². The van der Waals surface area contributed by atoms with E-state index in [0.29, 0.717) is 12.3 Å². The Bertz CT molecular complexity index is 474. The first-order valence-corrected chi connectivity index (χ1v) is 5.60. The van der Waals surface area contributed by atoms with Gasteiger partial charge in [-0.2, -0.15) is 0 Å². The van der Waals surface area contributed by atoms with Gasteiger partial charge in [0.05, 0.1) is 11.2 Å². The first kappa shape index (κ1) is 16.1. The Kier molecular flexibility index (Phi) is 4.15. The maximum absolute atomic E-state index is 12.7. The standard InChI is InChI=1S/C7H3ClF6N2O2S/c8-4-1-2-5(15-3-4)16(19(17)18,6(9,10)11)7(12,13)14/h1-3H. The SMILES string of the molecule is O=S([O-])[N+](c1ccc(Cl)cn1)(C(F)(F)F)C(F)(F)F. The highest BCUT2D eigenvalue weighted by Crippen LogP contribution is 2.47. The fraction of sp³-hybridized carbons (Fsp3) is 0.286. The first-order valence-electron chi connectivity index (χ1n) is 4.19. The number of halogens is 7. The molecule has 0 bridgehead atoms. The van der Waals surface area contributed by atoms with Gasteiger partial charge in [-0.1, -0.05) is 11.6 Å². The summed E-state index contributed by atoms with van der Waals surface area (Å²) in [6, 6.07) is 0.903. The van der Waals surface area contributed by atoms with Gasteiger partial charge in [0.25, 0.3) is 5.82 Å². The summed E-state index contributed by atoms with van der Waals surface area (Å²) in [4.78, 5) is 2.81. The molecule has 0 radical (unpaired) electrons. The van der Waals surface area contributed by atoms with E-state index < -0.39 is 33.6 Å². The highest BCUT2D eigenvalue weighted by molar-refractivity contribution is 7.78. The number of quaternary nitrogens is 1. The number of aromatic nitrogens is 1. The monoisotopic (exact) mass is 328 g/mol. The molecular formula is C7H3ClF6N2O2S. The van der Waals surface area contributed by atoms with Gasteiger partial charge < -0.3 is 4.55 Å². The van der Waals surface area contributed by atoms with E-state index in [-0.39, 0.29) is 11.1 Å². The highest BCUT2D eigenvalue weighted by Gasteiger charge is 2.76. The van der Waals surface area contributed by atoms with Crippen LogP contribution in [0.1, 0.15) is 0 Å². The van der Waals surface area contributed by atoms with Gasteiger partial charge in [-0.05, 0) is 9.95 Å². The fourth-order valence-electron chi connectivity index (χ4n) is 1.20. The number of hydrogen-bond acceptors (Lipinski definition) is 3. The van der Waals surface area contributed by atoms with Crippen LogP contribution >= 0.6 is 11.6 Å². The average molecular weight is 329 g/mol. The molecule has 1 aromatic heterocycles. The summed E-state index contributed by atoms with van der Waals surface area (Å²) in [6.07, 6.45) is -11.9. The molecule has 1 unspecified atom stereocenters. The Morgan fingerprint density at radius 2 is 1.63 bits per heavy atom. The zero-order valence-corrected chi connectivity index (χ0v) is 10.1. The Hall–Kier alpha value is -0.910. The van der Waals surface area contributed by atoms with Gasteiger partial charge >= 0.3 is 12.6 Å². The molecule has 0 amide bonds. The van der Waals surface area contributed by atoms with Crippen LogP contribution in [0, 0.1) is 0 Å². The summed E-state index contributed by atoms with van der Waals surface area (Å²) in [5.74, 6) is -1.78. The zero-order valence-electron chi connectivity index (χ0n) is 8.50. The van der Waals surface area contributed by atoms with Crippen LogP contribution in [-0.2, 0) is 11.3 Å². The second kappa shape index (κ2) is 4.89. The maximum atomic E-state index is 12.7. The minimum atomic E-state index is -6.19. The summed E-state index contributed by atoms with van der Waals surface area (Å²) < 4.78 is 93.2. The number of rotatable bonds is 2. The molecule has 1 rings (SSSR count). The van der Waals surface area contributed by atoms with Gasteiger partial charge in [0.15, 0.2) is 11.3 Å². The Balaban J connectivity index is 3.68. The molecule has 108 valence electrons. The number of hydrogen-bond donors (Lipinski definition) is 0. The van der Waals surface area contributed by atoms with E-state index in [0.717, 1.165) is 0 Å². The number of pyridine rings is 1. The second-order valence-corrected chi connectivity index (χ2v) is 4.52. The van der Waals surface area contributed by atoms with Crippen molar-refractivity contribution in [1.29, 1.82) is 0 Å². The molecule has 1 heterocycles. The van der Waals surface area contributed by atoms with Crippen LogP contribution in [0.4, 0.5) is 32.2 Å². The Morgan fingerprint density at radius 3 is 1.89 bits per heavy atom. The van der Waals surface area contributed by atoms with Crippen LogP contribution in [0.15, 0.2) is 18.3 Å². The van der Waals surface area contributed by atoms with Crippen molar-refractivity contribution in [2.45, 2.75) is 12.6 Å². The largest absolute Gasteiger partial charge is 0.724 e. The third-order valence-electron chi connectivity index (χ3n) is 1.97. The molecule has 12 heteroatoms. The third-order valence-corrected chi connectivity index (χ3v) is 3.24. The van der Waals surface area contributed by atoms with Crippen LogP contribution < -0.4 is 3.89 Å². The molecule has 19 heavy (non-hydrogen) atoms. The molecule has 0 saturated carbocycles. The number of alkyl halides is 6. The van der Waals surface area contributed by atoms with E-state index in [1.807, 2.05) is 0 Å². The summed E-state index contributed by atoms with van der Waals surface area (Å²) in [5, 5.41) is -0.247. The van der Waals surface area contributed by atoms with Gasteiger partial charge in [-0.3, -0.25) is 0 Å². The number of nitrogens with zero attached hydrogens (tertiary/aromatic N) is 2. The summed E-state index contributed by atoms with van der Waals surface area (Å²) >= 11 is 0.657. The molecule has 0 fully saturated rings. The molecule has 0 N–H and O–H groups in total. The van der Waals surface area contributed by atoms with Gasteiger partial charge in [0, 0.05) is 6.07 Å². The molecule has 1 aromatic rings. The van der Waals surface area contributed by atoms with Crippen LogP contribution in [0.3, 0.4) is 0 Å². The average Bonchev–Trinajstić information content (AvgIpc) is 2.16. The fourth-order valence-corrected chi connectivity index (χ4v) is 1.91. The summed E-state index contributed by atoms with van der Waals surface area (Å²) in [5.41, 5.74) is 0. The first-order chi connectivity index (χ1) is 8.44. The summed E-state index contributed by atoms with van der Waals surface area (Å²) in [6.45, 7) is 0. The van der Waals surface area contributed by atoms with E-state index in [1.54, 1.807) is 0 Å². The van der Waals surface area contributed by atoms with Crippen LogP contribution in [-0.4, -0.2) is 26.3 Å². The van der Waals surface area contributed by atoms with Crippen molar-refractivity contribution in [2.75, 3.05) is 0 Å². The highest BCUT2D eigenvalue weighted by atomic mass is 35.5. The van der Waals surface area contributed by atoms with Crippen molar-refractivity contribution in [1.82, 2.24) is 8.87 Å². The molecule has 0 aliphatic heterocycles. The molecule has 0 spiro atoms. The van der Waals surface area contributed by atoms with Gasteiger partial charge in [0.2, 0.25) is 0 Å². The van der Waals surface area contributed by atoms with Gasteiger partial charge in [-0.15, -0.1) is 26.3 Å². The smallest absolute Gasteiger partial charge is 0.587 e. The lowest BCUT2D eigenvalue weighted by atomic mass is 10.4. The van der Waals surface area contributed by atoms with Crippen LogP contribution in [0.25, 0.3) is 0 Å². The van der Waals surface area contributed by atoms with Gasteiger partial charge in [0.1, 0.15) is 0 Å². The van der Waals surface area contributed by atoms with E-state index in [1.165, 1.54) is 0 Å². The van der Waals surface area contributed by atoms with Crippen molar-refractivity contribution in [3.8, 4) is 0 Å². The predicted molar refractivity (Wildman–Crippen MR) is 52.1 cm³/mol. The van der Waals surface area contributed by atoms with Crippen molar-refractivity contribution >= 4 is 28.7 Å². The minimum Gasteiger partial charge on any atom is -0.724 e. The van der Waals surface area contributed by atoms with Crippen molar-refractivity contribution < 1.29 is 35.1 Å². The van der Waals surface area contributed by atoms with Crippen molar-refractivity contribution in [3.05, 3.63) is 23.4 Å². The minimum absolute atomic E-state index is 0.235. The van der Waals surface area contributed by atoms with Crippen molar-refractivity contribution in [3.63, 3.8) is 0 Å². The predicted octanol–water partition coefficient (Wildman–Crippen LogP) is 2.88. The topological polar surface area (TPSA) is 53.0 Å². The lowest BCUT2D eigenvalue weighted by molar-refractivity contribution is -0.327. The van der Waals surface area contributed by atoms with E-state index in [2.05, 4.69) is 4.98 Å². The molecule has 0 aliphatic carbocycles. The lowest BCUT2D eigenvalue weighted by Gasteiger charge is -2.36.